The van der Waals surface area contributed by atoms with Gasteiger partial charge in [-0.3, -0.25) is 4.79 Å². The molecule has 1 aromatic heterocycles. The van der Waals surface area contributed by atoms with Gasteiger partial charge in [0.25, 0.3) is 5.91 Å². The number of carbonyl (C=O) groups is 1. The lowest BCUT2D eigenvalue weighted by Crippen LogP contribution is -2.26. The van der Waals surface area contributed by atoms with E-state index < -0.39 is 0 Å². The predicted octanol–water partition coefficient (Wildman–Crippen LogP) is 5.47. The number of amides is 1. The zero-order valence-corrected chi connectivity index (χ0v) is 18.0. The first-order valence-corrected chi connectivity index (χ1v) is 10.5. The summed E-state index contributed by atoms with van der Waals surface area (Å²) < 4.78 is 3.26. The number of fused-ring (bicyclic) bond motifs is 1. The van der Waals surface area contributed by atoms with E-state index >= 15 is 0 Å². The van der Waals surface area contributed by atoms with Gasteiger partial charge in [0, 0.05) is 24.0 Å². The Bertz CT molecular complexity index is 1170. The Balaban J connectivity index is 1.54. The summed E-state index contributed by atoms with van der Waals surface area (Å²) in [6, 6.07) is 23.4. The Morgan fingerprint density at radius 3 is 2.66 bits per heavy atom. The first kappa shape index (κ1) is 19.7. The highest BCUT2D eigenvalue weighted by Gasteiger charge is 2.13. The number of imidazole rings is 1. The molecule has 0 saturated carbocycles. The third kappa shape index (κ3) is 4.52. The minimum atomic E-state index is -0.176. The van der Waals surface area contributed by atoms with Crippen LogP contribution in [0.25, 0.3) is 11.0 Å². The molecular formula is C23H19BrClN3O. The Morgan fingerprint density at radius 2 is 1.83 bits per heavy atom. The summed E-state index contributed by atoms with van der Waals surface area (Å²) in [6.07, 6.45) is 0.624. The molecule has 6 heteroatoms. The third-order valence-corrected chi connectivity index (χ3v) is 5.54. The standard InChI is InChI=1S/C23H19BrClN3O/c24-17-7-5-6-16(14-17)15-28-21-11-4-3-10-20(21)27-22(28)12-13-26-23(29)18-8-1-2-9-19(18)25/h1-11,14H,12-13,15H2,(H,26,29). The summed E-state index contributed by atoms with van der Waals surface area (Å²) in [4.78, 5) is 17.2. The number of aromatic nitrogens is 2. The Morgan fingerprint density at radius 1 is 1.03 bits per heavy atom. The molecule has 0 aliphatic carbocycles. The molecule has 146 valence electrons. The number of para-hydroxylation sites is 2. The molecule has 29 heavy (non-hydrogen) atoms. The number of benzene rings is 3. The molecule has 0 bridgehead atoms. The highest BCUT2D eigenvalue weighted by Crippen LogP contribution is 2.20. The molecule has 0 saturated heterocycles. The van der Waals surface area contributed by atoms with Crippen molar-refractivity contribution in [2.75, 3.05) is 6.54 Å². The normalized spacial score (nSPS) is 11.0. The second-order valence-corrected chi connectivity index (χ2v) is 8.04. The van der Waals surface area contributed by atoms with Gasteiger partial charge in [0.15, 0.2) is 0 Å². The molecule has 1 N–H and O–H groups in total. The van der Waals surface area contributed by atoms with E-state index in [-0.39, 0.29) is 5.91 Å². The van der Waals surface area contributed by atoms with Gasteiger partial charge in [-0.25, -0.2) is 4.98 Å². The van der Waals surface area contributed by atoms with Crippen LogP contribution >= 0.6 is 27.5 Å². The molecule has 0 spiro atoms. The lowest BCUT2D eigenvalue weighted by atomic mass is 10.2. The van der Waals surface area contributed by atoms with Gasteiger partial charge in [-0.15, -0.1) is 0 Å². The van der Waals surface area contributed by atoms with Crippen molar-refractivity contribution >= 4 is 44.5 Å². The number of halogens is 2. The van der Waals surface area contributed by atoms with Crippen LogP contribution in [0.3, 0.4) is 0 Å². The van der Waals surface area contributed by atoms with Crippen LogP contribution in [0.5, 0.6) is 0 Å². The van der Waals surface area contributed by atoms with E-state index in [2.05, 4.69) is 44.0 Å². The topological polar surface area (TPSA) is 46.9 Å². The van der Waals surface area contributed by atoms with Crippen LogP contribution in [0.2, 0.25) is 5.02 Å². The maximum absolute atomic E-state index is 12.4. The molecule has 0 aliphatic rings. The van der Waals surface area contributed by atoms with Crippen molar-refractivity contribution in [2.45, 2.75) is 13.0 Å². The van der Waals surface area contributed by atoms with Crippen LogP contribution in [0.4, 0.5) is 0 Å². The van der Waals surface area contributed by atoms with E-state index in [1.807, 2.05) is 36.4 Å². The Hall–Kier alpha value is -2.63. The van der Waals surface area contributed by atoms with Crippen molar-refractivity contribution in [3.05, 3.63) is 99.2 Å². The van der Waals surface area contributed by atoms with Gasteiger partial charge in [-0.2, -0.15) is 0 Å². The van der Waals surface area contributed by atoms with Gasteiger partial charge < -0.3 is 9.88 Å². The summed E-state index contributed by atoms with van der Waals surface area (Å²) in [6.45, 7) is 1.19. The Kier molecular flexibility index (Phi) is 5.97. The number of nitrogens with one attached hydrogen (secondary N) is 1. The minimum Gasteiger partial charge on any atom is -0.352 e. The molecule has 3 aromatic carbocycles. The maximum atomic E-state index is 12.4. The van der Waals surface area contributed by atoms with Crippen molar-refractivity contribution in [1.29, 1.82) is 0 Å². The lowest BCUT2D eigenvalue weighted by molar-refractivity contribution is 0.0954. The molecule has 1 amide bonds. The quantitative estimate of drug-likeness (QED) is 0.408. The monoisotopic (exact) mass is 467 g/mol. The summed E-state index contributed by atoms with van der Waals surface area (Å²) in [5, 5.41) is 3.40. The van der Waals surface area contributed by atoms with E-state index in [0.29, 0.717) is 30.1 Å². The van der Waals surface area contributed by atoms with Gasteiger partial charge >= 0.3 is 0 Å². The van der Waals surface area contributed by atoms with Crippen molar-refractivity contribution < 1.29 is 4.79 Å². The van der Waals surface area contributed by atoms with Crippen LogP contribution in [-0.4, -0.2) is 22.0 Å². The molecule has 4 rings (SSSR count). The zero-order chi connectivity index (χ0) is 20.2. The van der Waals surface area contributed by atoms with Crippen molar-refractivity contribution in [3.8, 4) is 0 Å². The fraction of sp³-hybridized carbons (Fsp3) is 0.130. The van der Waals surface area contributed by atoms with E-state index in [4.69, 9.17) is 16.6 Å². The minimum absolute atomic E-state index is 0.176. The van der Waals surface area contributed by atoms with Gasteiger partial charge in [0.2, 0.25) is 0 Å². The number of hydrogen-bond acceptors (Lipinski definition) is 2. The molecule has 1 heterocycles. The van der Waals surface area contributed by atoms with Crippen LogP contribution < -0.4 is 5.32 Å². The average molecular weight is 469 g/mol. The van der Waals surface area contributed by atoms with Gasteiger partial charge in [0.1, 0.15) is 5.82 Å². The van der Waals surface area contributed by atoms with Gasteiger partial charge in [-0.05, 0) is 42.0 Å². The summed E-state index contributed by atoms with van der Waals surface area (Å²) in [5.74, 6) is 0.760. The van der Waals surface area contributed by atoms with Crippen molar-refractivity contribution in [2.24, 2.45) is 0 Å². The average Bonchev–Trinajstić information content (AvgIpc) is 3.06. The summed E-state index contributed by atoms with van der Waals surface area (Å²) >= 11 is 9.65. The second kappa shape index (κ2) is 8.80. The maximum Gasteiger partial charge on any atom is 0.252 e. The van der Waals surface area contributed by atoms with Gasteiger partial charge in [-0.1, -0.05) is 63.9 Å². The fourth-order valence-electron chi connectivity index (χ4n) is 3.34. The second-order valence-electron chi connectivity index (χ2n) is 6.72. The summed E-state index contributed by atoms with van der Waals surface area (Å²) in [5.41, 5.74) is 3.70. The number of nitrogens with zero attached hydrogens (tertiary/aromatic N) is 2. The van der Waals surface area contributed by atoms with E-state index in [1.165, 1.54) is 5.56 Å². The first-order valence-electron chi connectivity index (χ1n) is 9.33. The van der Waals surface area contributed by atoms with E-state index in [9.17, 15) is 4.79 Å². The first-order chi connectivity index (χ1) is 14.1. The van der Waals surface area contributed by atoms with E-state index in [0.717, 1.165) is 21.3 Å². The van der Waals surface area contributed by atoms with Crippen molar-refractivity contribution in [1.82, 2.24) is 14.9 Å². The molecule has 4 aromatic rings. The largest absolute Gasteiger partial charge is 0.352 e. The Labute approximate surface area is 182 Å². The number of rotatable bonds is 6. The fourth-order valence-corrected chi connectivity index (χ4v) is 4.01. The molecule has 0 unspecified atom stereocenters. The molecule has 0 atom stereocenters. The zero-order valence-electron chi connectivity index (χ0n) is 15.6. The lowest BCUT2D eigenvalue weighted by Gasteiger charge is -2.11. The van der Waals surface area contributed by atoms with E-state index in [1.54, 1.807) is 18.2 Å². The number of carbonyl (C=O) groups excluding carboxylic acids is 1. The molecule has 0 aliphatic heterocycles. The molecule has 0 fully saturated rings. The molecule has 4 nitrogen and oxygen atoms in total. The third-order valence-electron chi connectivity index (χ3n) is 4.72. The molecule has 0 radical (unpaired) electrons. The highest BCUT2D eigenvalue weighted by atomic mass is 79.9. The highest BCUT2D eigenvalue weighted by molar-refractivity contribution is 9.10. The van der Waals surface area contributed by atoms with Crippen LogP contribution in [0, 0.1) is 0 Å². The van der Waals surface area contributed by atoms with Crippen LogP contribution in [0.1, 0.15) is 21.7 Å². The van der Waals surface area contributed by atoms with Crippen LogP contribution in [0.15, 0.2) is 77.3 Å². The smallest absolute Gasteiger partial charge is 0.252 e. The molecular weight excluding hydrogens is 450 g/mol. The van der Waals surface area contributed by atoms with Crippen molar-refractivity contribution in [3.63, 3.8) is 0 Å². The van der Waals surface area contributed by atoms with Gasteiger partial charge in [0.05, 0.1) is 21.6 Å². The number of hydrogen-bond donors (Lipinski definition) is 1. The summed E-state index contributed by atoms with van der Waals surface area (Å²) in [7, 11) is 0. The SMILES string of the molecule is O=C(NCCc1nc2ccccc2n1Cc1cccc(Br)c1)c1ccccc1Cl. The predicted molar refractivity (Wildman–Crippen MR) is 120 cm³/mol. The van der Waals surface area contributed by atoms with Crippen LogP contribution in [-0.2, 0) is 13.0 Å².